The van der Waals surface area contributed by atoms with E-state index in [0.717, 1.165) is 29.2 Å². The Morgan fingerprint density at radius 1 is 1.26 bits per heavy atom. The smallest absolute Gasteiger partial charge is 0.294 e. The molecule has 0 fully saturated rings. The van der Waals surface area contributed by atoms with Crippen LogP contribution in [0.3, 0.4) is 0 Å². The molecule has 0 radical (unpaired) electrons. The number of aryl methyl sites for hydroxylation is 1. The van der Waals surface area contributed by atoms with Gasteiger partial charge in [0.05, 0.1) is 13.2 Å². The normalized spacial score (nSPS) is 16.1. The summed E-state index contributed by atoms with van der Waals surface area (Å²) in [6.45, 7) is 8.31. The van der Waals surface area contributed by atoms with Crippen molar-refractivity contribution >= 4 is 23.1 Å². The Bertz CT molecular complexity index is 1160. The maximum atomic E-state index is 13.1. The lowest BCUT2D eigenvalue weighted by atomic mass is 10.1. The van der Waals surface area contributed by atoms with Gasteiger partial charge >= 0.3 is 0 Å². The first-order chi connectivity index (χ1) is 17.1. The Hall–Kier alpha value is -3.04. The average molecular weight is 500 g/mol. The molecule has 1 amide bonds. The van der Waals surface area contributed by atoms with Crippen LogP contribution in [-0.2, 0) is 30.8 Å². The second-order valence-corrected chi connectivity index (χ2v) is 9.27. The third-order valence-electron chi connectivity index (χ3n) is 5.97. The highest BCUT2D eigenvalue weighted by Gasteiger charge is 2.31. The predicted molar refractivity (Wildman–Crippen MR) is 139 cm³/mol. The first-order valence-electron chi connectivity index (χ1n) is 12.0. The molecule has 3 N–H and O–H groups in total. The van der Waals surface area contributed by atoms with E-state index in [9.17, 15) is 14.0 Å². The van der Waals surface area contributed by atoms with Gasteiger partial charge in [-0.15, -0.1) is 11.3 Å². The molecule has 3 aromatic rings. The second kappa shape index (κ2) is 12.6. The van der Waals surface area contributed by atoms with Gasteiger partial charge in [0.15, 0.2) is 5.82 Å². The molecule has 4 heterocycles. The molecule has 188 valence electrons. The summed E-state index contributed by atoms with van der Waals surface area (Å²) in [6, 6.07) is 11.4. The van der Waals surface area contributed by atoms with E-state index in [-0.39, 0.29) is 23.3 Å². The van der Waals surface area contributed by atoms with Crippen LogP contribution in [0.2, 0.25) is 0 Å². The van der Waals surface area contributed by atoms with Gasteiger partial charge in [0.25, 0.3) is 5.56 Å². The molecular formula is C26H34FN5O2S. The highest BCUT2D eigenvalue weighted by atomic mass is 32.1. The number of fused-ring (bicyclic) bond motifs is 2. The van der Waals surface area contributed by atoms with Crippen LogP contribution in [-0.4, -0.2) is 22.6 Å². The third-order valence-corrected chi connectivity index (χ3v) is 7.33. The standard InChI is InChI=1S/C23H25N5O2S.C2H6.CH3F/c1-14(19-9-16-11-24-13-20(16)31-19)27-22(29)18-8-7-17-12-26-21(23(30)28(17)18)25-10-15-5-3-2-4-6-15;2*1-2/h2-6,9,12,14,18,24H,7-8,10-11,13H2,1H3,(H,25,26)(H,27,29);1-2H3;1H3. The van der Waals surface area contributed by atoms with Gasteiger partial charge in [0, 0.05) is 41.3 Å². The number of benzene rings is 1. The molecule has 2 aliphatic heterocycles. The van der Waals surface area contributed by atoms with Crippen LogP contribution in [0.5, 0.6) is 0 Å². The summed E-state index contributed by atoms with van der Waals surface area (Å²) < 4.78 is 11.1. The number of hydrogen-bond acceptors (Lipinski definition) is 6. The van der Waals surface area contributed by atoms with E-state index in [0.29, 0.717) is 26.6 Å². The van der Waals surface area contributed by atoms with Crippen molar-refractivity contribution in [1.82, 2.24) is 20.2 Å². The summed E-state index contributed by atoms with van der Waals surface area (Å²) >= 11 is 1.74. The molecule has 0 spiro atoms. The zero-order chi connectivity index (χ0) is 25.4. The van der Waals surface area contributed by atoms with E-state index in [2.05, 4.69) is 27.0 Å². The van der Waals surface area contributed by atoms with E-state index in [1.165, 1.54) is 10.4 Å². The van der Waals surface area contributed by atoms with Crippen LogP contribution in [0, 0.1) is 0 Å². The van der Waals surface area contributed by atoms with Crippen LogP contribution in [0.15, 0.2) is 47.4 Å². The average Bonchev–Trinajstić information content (AvgIpc) is 3.62. The van der Waals surface area contributed by atoms with Gasteiger partial charge in [-0.05, 0) is 37.0 Å². The monoisotopic (exact) mass is 499 g/mol. The number of thiophene rings is 1. The number of nitrogens with one attached hydrogen (secondary N) is 3. The van der Waals surface area contributed by atoms with Gasteiger partial charge in [-0.2, -0.15) is 0 Å². The van der Waals surface area contributed by atoms with Crippen LogP contribution in [0.25, 0.3) is 0 Å². The minimum absolute atomic E-state index is 0.0830. The molecule has 9 heteroatoms. The fraction of sp³-hybridized carbons (Fsp3) is 0.423. The Morgan fingerprint density at radius 3 is 2.71 bits per heavy atom. The van der Waals surface area contributed by atoms with Gasteiger partial charge in [-0.25, -0.2) is 4.98 Å². The minimum Gasteiger partial charge on any atom is -0.361 e. The number of carbonyl (C=O) groups is 1. The molecule has 0 bridgehead atoms. The SMILES string of the molecule is CC.CC(NC(=O)C1CCc2cnc(NCc3ccccc3)c(=O)n21)c1cc2c(s1)CNC2.CF. The Balaban J connectivity index is 0.000000815. The van der Waals surface area contributed by atoms with Crippen LogP contribution >= 0.6 is 11.3 Å². The maximum Gasteiger partial charge on any atom is 0.294 e. The van der Waals surface area contributed by atoms with Gasteiger partial charge in [-0.1, -0.05) is 44.2 Å². The molecule has 5 rings (SSSR count). The lowest BCUT2D eigenvalue weighted by Gasteiger charge is -2.19. The van der Waals surface area contributed by atoms with Gasteiger partial charge in [-0.3, -0.25) is 18.5 Å². The summed E-state index contributed by atoms with van der Waals surface area (Å²) in [5.41, 5.74) is 2.96. The summed E-state index contributed by atoms with van der Waals surface area (Å²) in [5, 5.41) is 9.59. The highest BCUT2D eigenvalue weighted by molar-refractivity contribution is 7.12. The van der Waals surface area contributed by atoms with Gasteiger partial charge in [0.2, 0.25) is 5.91 Å². The lowest BCUT2D eigenvalue weighted by molar-refractivity contribution is -0.124. The minimum atomic E-state index is -0.501. The predicted octanol–water partition coefficient (Wildman–Crippen LogP) is 4.50. The number of halogens is 1. The van der Waals surface area contributed by atoms with E-state index in [4.69, 9.17) is 0 Å². The number of aromatic nitrogens is 2. The molecule has 7 nitrogen and oxygen atoms in total. The molecule has 0 aliphatic carbocycles. The molecule has 2 atom stereocenters. The molecule has 2 unspecified atom stereocenters. The van der Waals surface area contributed by atoms with Crippen LogP contribution in [0.1, 0.15) is 65.9 Å². The number of carbonyl (C=O) groups excluding carboxylic acids is 1. The van der Waals surface area contributed by atoms with Crippen molar-refractivity contribution in [3.05, 3.63) is 79.5 Å². The Morgan fingerprint density at radius 2 is 2.00 bits per heavy atom. The fourth-order valence-corrected chi connectivity index (χ4v) is 5.44. The summed E-state index contributed by atoms with van der Waals surface area (Å²) in [6.07, 6.45) is 3.00. The van der Waals surface area contributed by atoms with Crippen molar-refractivity contribution in [2.24, 2.45) is 0 Å². The maximum absolute atomic E-state index is 13.1. The Kier molecular flexibility index (Phi) is 9.56. The second-order valence-electron chi connectivity index (χ2n) is 8.10. The van der Waals surface area contributed by atoms with Crippen molar-refractivity contribution in [2.75, 3.05) is 12.5 Å². The number of hydrogen-bond donors (Lipinski definition) is 3. The van der Waals surface area contributed by atoms with Crippen LogP contribution < -0.4 is 21.5 Å². The topological polar surface area (TPSA) is 88.1 Å². The third kappa shape index (κ3) is 5.97. The molecule has 35 heavy (non-hydrogen) atoms. The van der Waals surface area contributed by atoms with Gasteiger partial charge < -0.3 is 16.0 Å². The van der Waals surface area contributed by atoms with Crippen molar-refractivity contribution in [2.45, 2.75) is 65.3 Å². The number of rotatable bonds is 6. The van der Waals surface area contributed by atoms with E-state index in [1.807, 2.05) is 51.1 Å². The van der Waals surface area contributed by atoms with E-state index < -0.39 is 6.04 Å². The lowest BCUT2D eigenvalue weighted by Crippen LogP contribution is -2.37. The van der Waals surface area contributed by atoms with Crippen molar-refractivity contribution < 1.29 is 9.18 Å². The Labute approximate surface area is 209 Å². The zero-order valence-corrected chi connectivity index (χ0v) is 21.5. The van der Waals surface area contributed by atoms with Crippen molar-refractivity contribution in [3.63, 3.8) is 0 Å². The first kappa shape index (κ1) is 26.6. The zero-order valence-electron chi connectivity index (χ0n) is 20.7. The summed E-state index contributed by atoms with van der Waals surface area (Å²) in [4.78, 5) is 33.0. The quantitative estimate of drug-likeness (QED) is 0.465. The highest BCUT2D eigenvalue weighted by Crippen LogP contribution is 2.31. The molecule has 1 aromatic carbocycles. The van der Waals surface area contributed by atoms with E-state index >= 15 is 0 Å². The summed E-state index contributed by atoms with van der Waals surface area (Å²) in [7, 11) is 0.500. The number of amides is 1. The van der Waals surface area contributed by atoms with Crippen molar-refractivity contribution in [1.29, 1.82) is 0 Å². The van der Waals surface area contributed by atoms with E-state index in [1.54, 1.807) is 22.1 Å². The molecule has 2 aromatic heterocycles. The van der Waals surface area contributed by atoms with Gasteiger partial charge in [0.1, 0.15) is 6.04 Å². The molecular weight excluding hydrogens is 465 g/mol. The molecule has 2 aliphatic rings. The molecule has 0 saturated heterocycles. The van der Waals surface area contributed by atoms with Crippen molar-refractivity contribution in [3.8, 4) is 0 Å². The molecule has 0 saturated carbocycles. The van der Waals surface area contributed by atoms with Crippen LogP contribution in [0.4, 0.5) is 10.2 Å². The number of alkyl halides is 1. The number of anilines is 1. The largest absolute Gasteiger partial charge is 0.361 e. The first-order valence-corrected chi connectivity index (χ1v) is 12.8. The number of nitrogens with zero attached hydrogens (tertiary/aromatic N) is 2. The fourth-order valence-electron chi connectivity index (χ4n) is 4.29. The summed E-state index contributed by atoms with van der Waals surface area (Å²) in [5.74, 6) is 0.169.